The van der Waals surface area contributed by atoms with Crippen molar-refractivity contribution in [2.45, 2.75) is 25.1 Å². The SMILES string of the molecule is O=C1CC(N2CCN(c3nc4ccccc4s3)CC2)C(=O)N1C1=CCC(F)C=C1. The van der Waals surface area contributed by atoms with Gasteiger partial charge in [-0.25, -0.2) is 14.3 Å². The number of alkyl halides is 1. The van der Waals surface area contributed by atoms with Crippen molar-refractivity contribution < 1.29 is 14.0 Å². The van der Waals surface area contributed by atoms with Crippen molar-refractivity contribution in [3.05, 3.63) is 48.2 Å². The van der Waals surface area contributed by atoms with Gasteiger partial charge in [-0.05, 0) is 24.3 Å². The number of thiazole rings is 1. The zero-order valence-electron chi connectivity index (χ0n) is 15.8. The van der Waals surface area contributed by atoms with Crippen molar-refractivity contribution in [1.82, 2.24) is 14.8 Å². The van der Waals surface area contributed by atoms with Gasteiger partial charge in [0.05, 0.1) is 22.7 Å². The number of carbonyl (C=O) groups excluding carboxylic acids is 2. The van der Waals surface area contributed by atoms with Gasteiger partial charge in [-0.3, -0.25) is 14.5 Å². The number of benzene rings is 1. The van der Waals surface area contributed by atoms with E-state index in [0.717, 1.165) is 23.7 Å². The van der Waals surface area contributed by atoms with Crippen LogP contribution in [-0.2, 0) is 9.59 Å². The monoisotopic (exact) mass is 412 g/mol. The van der Waals surface area contributed by atoms with E-state index in [4.69, 9.17) is 4.98 Å². The molecule has 8 heteroatoms. The Balaban J connectivity index is 1.25. The van der Waals surface area contributed by atoms with E-state index in [9.17, 15) is 14.0 Å². The minimum atomic E-state index is -1.04. The molecular formula is C21H21FN4O2S. The molecule has 1 aromatic heterocycles. The second kappa shape index (κ2) is 7.35. The van der Waals surface area contributed by atoms with Crippen molar-refractivity contribution in [3.8, 4) is 0 Å². The van der Waals surface area contributed by atoms with Crippen LogP contribution in [0.2, 0.25) is 0 Å². The molecule has 3 aliphatic rings. The minimum Gasteiger partial charge on any atom is -0.345 e. The van der Waals surface area contributed by atoms with E-state index < -0.39 is 12.2 Å². The van der Waals surface area contributed by atoms with E-state index in [-0.39, 0.29) is 24.7 Å². The maximum Gasteiger partial charge on any atom is 0.251 e. The molecule has 2 saturated heterocycles. The summed E-state index contributed by atoms with van der Waals surface area (Å²) in [5.41, 5.74) is 1.51. The predicted molar refractivity (Wildman–Crippen MR) is 110 cm³/mol. The van der Waals surface area contributed by atoms with Gasteiger partial charge in [-0.1, -0.05) is 29.5 Å². The highest BCUT2D eigenvalue weighted by atomic mass is 32.1. The molecule has 0 saturated carbocycles. The number of rotatable bonds is 3. The maximum absolute atomic E-state index is 13.3. The molecule has 3 heterocycles. The van der Waals surface area contributed by atoms with Crippen molar-refractivity contribution in [3.63, 3.8) is 0 Å². The summed E-state index contributed by atoms with van der Waals surface area (Å²) in [4.78, 5) is 35.7. The van der Waals surface area contributed by atoms with Gasteiger partial charge in [-0.15, -0.1) is 0 Å². The molecule has 2 aromatic rings. The molecule has 0 radical (unpaired) electrons. The zero-order valence-corrected chi connectivity index (χ0v) is 16.6. The van der Waals surface area contributed by atoms with Crippen molar-refractivity contribution >= 4 is 38.5 Å². The summed E-state index contributed by atoms with van der Waals surface area (Å²) in [7, 11) is 0. The Labute approximate surface area is 171 Å². The number of hydrogen-bond acceptors (Lipinski definition) is 6. The molecule has 2 amide bonds. The Hall–Kier alpha value is -2.58. The number of para-hydroxylation sites is 1. The smallest absolute Gasteiger partial charge is 0.251 e. The molecular weight excluding hydrogens is 391 g/mol. The Morgan fingerprint density at radius 2 is 1.90 bits per heavy atom. The van der Waals surface area contributed by atoms with Gasteiger partial charge in [0.2, 0.25) is 5.91 Å². The molecule has 0 bridgehead atoms. The summed E-state index contributed by atoms with van der Waals surface area (Å²) in [6, 6.07) is 7.66. The first kappa shape index (κ1) is 18.4. The van der Waals surface area contributed by atoms with E-state index in [0.29, 0.717) is 18.8 Å². The maximum atomic E-state index is 13.3. The predicted octanol–water partition coefficient (Wildman–Crippen LogP) is 2.73. The van der Waals surface area contributed by atoms with Gasteiger partial charge in [0, 0.05) is 38.3 Å². The number of anilines is 1. The van der Waals surface area contributed by atoms with E-state index in [1.807, 2.05) is 18.2 Å². The fourth-order valence-electron chi connectivity index (χ4n) is 4.14. The summed E-state index contributed by atoms with van der Waals surface area (Å²) in [6.45, 7) is 2.94. The van der Waals surface area contributed by atoms with Crippen LogP contribution in [-0.4, -0.2) is 65.0 Å². The Morgan fingerprint density at radius 1 is 1.10 bits per heavy atom. The largest absolute Gasteiger partial charge is 0.345 e. The fourth-order valence-corrected chi connectivity index (χ4v) is 5.16. The number of carbonyl (C=O) groups is 2. The first-order chi connectivity index (χ1) is 14.1. The average Bonchev–Trinajstić information content (AvgIpc) is 3.30. The number of piperazine rings is 1. The van der Waals surface area contributed by atoms with Crippen LogP contribution < -0.4 is 4.90 Å². The van der Waals surface area contributed by atoms with Crippen molar-refractivity contribution in [2.75, 3.05) is 31.1 Å². The van der Waals surface area contributed by atoms with Crippen LogP contribution >= 0.6 is 11.3 Å². The molecule has 2 atom stereocenters. The van der Waals surface area contributed by atoms with Gasteiger partial charge < -0.3 is 4.90 Å². The average molecular weight is 412 g/mol. The third kappa shape index (κ3) is 3.36. The number of aromatic nitrogens is 1. The Bertz CT molecular complexity index is 992. The van der Waals surface area contributed by atoms with Gasteiger partial charge in [0.25, 0.3) is 5.91 Å². The highest BCUT2D eigenvalue weighted by molar-refractivity contribution is 7.22. The summed E-state index contributed by atoms with van der Waals surface area (Å²) in [6.07, 6.45) is 3.92. The van der Waals surface area contributed by atoms with Crippen LogP contribution in [0.3, 0.4) is 0 Å². The number of amides is 2. The molecule has 2 fully saturated rings. The van der Waals surface area contributed by atoms with Crippen LogP contribution in [0.1, 0.15) is 12.8 Å². The van der Waals surface area contributed by atoms with E-state index in [1.54, 1.807) is 17.4 Å². The highest BCUT2D eigenvalue weighted by Gasteiger charge is 2.44. The molecule has 5 rings (SSSR count). The molecule has 150 valence electrons. The normalized spacial score (nSPS) is 25.9. The molecule has 0 N–H and O–H groups in total. The molecule has 29 heavy (non-hydrogen) atoms. The lowest BCUT2D eigenvalue weighted by Crippen LogP contribution is -2.52. The topological polar surface area (TPSA) is 56.8 Å². The highest BCUT2D eigenvalue weighted by Crippen LogP contribution is 2.31. The third-order valence-electron chi connectivity index (χ3n) is 5.72. The van der Waals surface area contributed by atoms with Crippen molar-refractivity contribution in [2.24, 2.45) is 0 Å². The number of imide groups is 1. The van der Waals surface area contributed by atoms with Crippen LogP contribution in [0, 0.1) is 0 Å². The number of fused-ring (bicyclic) bond motifs is 1. The van der Waals surface area contributed by atoms with E-state index in [2.05, 4.69) is 15.9 Å². The van der Waals surface area contributed by atoms with Crippen LogP contribution in [0.25, 0.3) is 10.2 Å². The minimum absolute atomic E-state index is 0.185. The Morgan fingerprint density at radius 3 is 2.62 bits per heavy atom. The summed E-state index contributed by atoms with van der Waals surface area (Å²) in [5.74, 6) is -0.404. The lowest BCUT2D eigenvalue weighted by Gasteiger charge is -2.36. The lowest BCUT2D eigenvalue weighted by molar-refractivity contribution is -0.137. The van der Waals surface area contributed by atoms with E-state index in [1.165, 1.54) is 21.8 Å². The number of halogens is 1. The second-order valence-electron chi connectivity index (χ2n) is 7.51. The molecule has 6 nitrogen and oxygen atoms in total. The second-order valence-corrected chi connectivity index (χ2v) is 8.52. The van der Waals surface area contributed by atoms with Crippen LogP contribution in [0.15, 0.2) is 48.2 Å². The molecule has 1 aromatic carbocycles. The molecule has 1 aliphatic carbocycles. The number of nitrogens with zero attached hydrogens (tertiary/aromatic N) is 4. The third-order valence-corrected chi connectivity index (χ3v) is 6.81. The molecule has 2 aliphatic heterocycles. The number of hydrogen-bond donors (Lipinski definition) is 0. The van der Waals surface area contributed by atoms with Crippen LogP contribution in [0.4, 0.5) is 9.52 Å². The molecule has 2 unspecified atom stereocenters. The number of allylic oxidation sites excluding steroid dienone is 3. The quantitative estimate of drug-likeness (QED) is 0.726. The first-order valence-corrected chi connectivity index (χ1v) is 10.7. The van der Waals surface area contributed by atoms with Crippen molar-refractivity contribution in [1.29, 1.82) is 0 Å². The van der Waals surface area contributed by atoms with Gasteiger partial charge in [0.1, 0.15) is 6.17 Å². The van der Waals surface area contributed by atoms with E-state index >= 15 is 0 Å². The summed E-state index contributed by atoms with van der Waals surface area (Å²) in [5, 5.41) is 1.000. The Kier molecular flexibility index (Phi) is 4.67. The lowest BCUT2D eigenvalue weighted by atomic mass is 10.1. The number of likely N-dealkylation sites (tertiary alicyclic amines) is 1. The summed E-state index contributed by atoms with van der Waals surface area (Å²) < 4.78 is 14.5. The molecule has 0 spiro atoms. The standard InChI is InChI=1S/C21H21FN4O2S/c22-14-5-7-15(8-6-14)26-19(27)13-17(20(26)28)24-9-11-25(12-10-24)21-23-16-3-1-2-4-18(16)29-21/h1-5,7-8,14,17H,6,9-13H2. The van der Waals surface area contributed by atoms with Crippen LogP contribution in [0.5, 0.6) is 0 Å². The zero-order chi connectivity index (χ0) is 20.0. The van der Waals surface area contributed by atoms with Gasteiger partial charge >= 0.3 is 0 Å². The fraction of sp³-hybridized carbons (Fsp3) is 0.381. The first-order valence-electron chi connectivity index (χ1n) is 9.84. The summed E-state index contributed by atoms with van der Waals surface area (Å²) >= 11 is 1.68. The van der Waals surface area contributed by atoms with Gasteiger partial charge in [0.15, 0.2) is 5.13 Å². The van der Waals surface area contributed by atoms with Gasteiger partial charge in [-0.2, -0.15) is 0 Å².